The summed E-state index contributed by atoms with van der Waals surface area (Å²) in [6.07, 6.45) is 1.21. The summed E-state index contributed by atoms with van der Waals surface area (Å²) in [7, 11) is 0. The van der Waals surface area contributed by atoms with Crippen molar-refractivity contribution >= 4 is 5.97 Å². The van der Waals surface area contributed by atoms with E-state index in [-0.39, 0.29) is 12.1 Å². The van der Waals surface area contributed by atoms with E-state index in [9.17, 15) is 4.79 Å². The summed E-state index contributed by atoms with van der Waals surface area (Å²) in [5, 5.41) is 0. The van der Waals surface area contributed by atoms with Crippen LogP contribution < -0.4 is 0 Å². The number of likely N-dealkylation sites (N-methyl/N-ethyl adjacent to an activating group) is 1. The number of benzene rings is 1. The fourth-order valence-electron chi connectivity index (χ4n) is 3.42. The lowest BCUT2D eigenvalue weighted by Gasteiger charge is -2.39. The zero-order valence-corrected chi connectivity index (χ0v) is 13.0. The molecule has 4 heteroatoms. The van der Waals surface area contributed by atoms with Crippen molar-refractivity contribution in [2.24, 2.45) is 0 Å². The number of hydrogen-bond acceptors (Lipinski definition) is 4. The van der Waals surface area contributed by atoms with E-state index in [1.54, 1.807) is 0 Å². The second-order valence-electron chi connectivity index (χ2n) is 5.85. The van der Waals surface area contributed by atoms with E-state index >= 15 is 0 Å². The lowest BCUT2D eigenvalue weighted by Crippen LogP contribution is -2.46. The third-order valence-electron chi connectivity index (χ3n) is 4.84. The number of carbonyl (C=O) groups is 1. The normalized spacial score (nSPS) is 25.8. The van der Waals surface area contributed by atoms with Crippen LogP contribution in [0.5, 0.6) is 0 Å². The van der Waals surface area contributed by atoms with Crippen molar-refractivity contribution in [2.45, 2.75) is 45.9 Å². The number of carbonyl (C=O) groups excluding carboxylic acids is 1. The maximum Gasteiger partial charge on any atom is 0.338 e. The molecule has 2 aliphatic heterocycles. The highest BCUT2D eigenvalue weighted by Crippen LogP contribution is 2.33. The van der Waals surface area contributed by atoms with Crippen LogP contribution in [0.15, 0.2) is 12.1 Å². The van der Waals surface area contributed by atoms with Crippen LogP contribution in [0, 0.1) is 6.92 Å². The lowest BCUT2D eigenvalue weighted by molar-refractivity contribution is -0.0644. The molecule has 0 spiro atoms. The average Bonchev–Trinajstić information content (AvgIpc) is 2.89. The highest BCUT2D eigenvalue weighted by molar-refractivity contribution is 5.93. The summed E-state index contributed by atoms with van der Waals surface area (Å²) in [6.45, 7) is 9.62. The van der Waals surface area contributed by atoms with E-state index in [0.717, 1.165) is 37.2 Å². The first-order valence-electron chi connectivity index (χ1n) is 7.80. The van der Waals surface area contributed by atoms with Crippen molar-refractivity contribution in [3.05, 3.63) is 34.4 Å². The number of fused-ring (bicyclic) bond motifs is 1. The minimum Gasteiger partial charge on any atom is -0.457 e. The molecule has 1 aromatic rings. The van der Waals surface area contributed by atoms with Crippen molar-refractivity contribution in [2.75, 3.05) is 19.7 Å². The Labute approximate surface area is 126 Å². The van der Waals surface area contributed by atoms with E-state index in [4.69, 9.17) is 9.47 Å². The molecule has 114 valence electrons. The number of ether oxygens (including phenoxy) is 2. The molecule has 0 N–H and O–H groups in total. The Balaban J connectivity index is 1.87. The van der Waals surface area contributed by atoms with Crippen LogP contribution in [0.4, 0.5) is 0 Å². The quantitative estimate of drug-likeness (QED) is 0.802. The molecule has 0 aromatic heterocycles. The highest BCUT2D eigenvalue weighted by Gasteiger charge is 2.31. The molecule has 1 unspecified atom stereocenters. The molecule has 2 aliphatic rings. The van der Waals surface area contributed by atoms with E-state index in [1.165, 1.54) is 5.56 Å². The standard InChI is InChI=1S/C17H23NO3/c1-4-12-9-20-16(8-18(12)5-2)13-6-7-14-15(11(13)3)10-21-17(14)19/h6-7,12,16H,4-5,8-10H2,1-3H3/t12?,16-/m0/s1. The first-order valence-corrected chi connectivity index (χ1v) is 7.80. The fourth-order valence-corrected chi connectivity index (χ4v) is 3.42. The molecule has 4 nitrogen and oxygen atoms in total. The van der Waals surface area contributed by atoms with E-state index in [0.29, 0.717) is 18.2 Å². The third-order valence-corrected chi connectivity index (χ3v) is 4.84. The summed E-state index contributed by atoms with van der Waals surface area (Å²) in [4.78, 5) is 14.1. The van der Waals surface area contributed by atoms with Crippen LogP contribution in [-0.2, 0) is 16.1 Å². The number of hydrogen-bond donors (Lipinski definition) is 0. The predicted molar refractivity (Wildman–Crippen MR) is 80.3 cm³/mol. The monoisotopic (exact) mass is 289 g/mol. The molecule has 0 bridgehead atoms. The van der Waals surface area contributed by atoms with Crippen LogP contribution in [0.25, 0.3) is 0 Å². The topological polar surface area (TPSA) is 38.8 Å². The van der Waals surface area contributed by atoms with Crippen LogP contribution in [0.1, 0.15) is 53.4 Å². The van der Waals surface area contributed by atoms with Gasteiger partial charge in [0.05, 0.1) is 18.3 Å². The van der Waals surface area contributed by atoms with Gasteiger partial charge in [-0.25, -0.2) is 4.79 Å². The summed E-state index contributed by atoms with van der Waals surface area (Å²) in [5.41, 5.74) is 4.09. The maximum absolute atomic E-state index is 11.6. The van der Waals surface area contributed by atoms with Crippen LogP contribution >= 0.6 is 0 Å². The van der Waals surface area contributed by atoms with Gasteiger partial charge in [0.2, 0.25) is 0 Å². The van der Waals surface area contributed by atoms with Gasteiger partial charge in [0.15, 0.2) is 0 Å². The van der Waals surface area contributed by atoms with Gasteiger partial charge in [-0.3, -0.25) is 4.90 Å². The van der Waals surface area contributed by atoms with Gasteiger partial charge in [-0.15, -0.1) is 0 Å². The Kier molecular flexibility index (Phi) is 4.00. The van der Waals surface area contributed by atoms with Gasteiger partial charge in [-0.05, 0) is 37.1 Å². The van der Waals surface area contributed by atoms with Crippen LogP contribution in [-0.4, -0.2) is 36.6 Å². The van der Waals surface area contributed by atoms with Crippen molar-refractivity contribution in [1.29, 1.82) is 0 Å². The first-order chi connectivity index (χ1) is 10.2. The Morgan fingerprint density at radius 2 is 2.14 bits per heavy atom. The smallest absolute Gasteiger partial charge is 0.338 e. The molecule has 0 aliphatic carbocycles. The minimum atomic E-state index is -0.203. The number of cyclic esters (lactones) is 1. The van der Waals surface area contributed by atoms with Gasteiger partial charge in [-0.2, -0.15) is 0 Å². The first kappa shape index (κ1) is 14.5. The number of nitrogens with zero attached hydrogens (tertiary/aromatic N) is 1. The molecule has 1 fully saturated rings. The molecule has 2 heterocycles. The number of esters is 1. The third kappa shape index (κ3) is 2.47. The highest BCUT2D eigenvalue weighted by atomic mass is 16.5. The molecular weight excluding hydrogens is 266 g/mol. The zero-order chi connectivity index (χ0) is 15.0. The van der Waals surface area contributed by atoms with Gasteiger partial charge in [0.1, 0.15) is 6.61 Å². The Morgan fingerprint density at radius 1 is 1.33 bits per heavy atom. The SMILES string of the molecule is CCC1CO[C@H](c2ccc3c(c2C)COC3=O)CN1CC. The van der Waals surface area contributed by atoms with Gasteiger partial charge < -0.3 is 9.47 Å². The molecule has 2 atom stereocenters. The number of morpholine rings is 1. The van der Waals surface area contributed by atoms with Crippen LogP contribution in [0.3, 0.4) is 0 Å². The molecule has 0 amide bonds. The largest absolute Gasteiger partial charge is 0.457 e. The average molecular weight is 289 g/mol. The maximum atomic E-state index is 11.6. The zero-order valence-electron chi connectivity index (χ0n) is 13.0. The summed E-state index contributed by atoms with van der Waals surface area (Å²) in [6, 6.07) is 4.44. The second kappa shape index (κ2) is 5.78. The second-order valence-corrected chi connectivity index (χ2v) is 5.85. The van der Waals surface area contributed by atoms with Gasteiger partial charge in [-0.1, -0.05) is 19.9 Å². The van der Waals surface area contributed by atoms with Gasteiger partial charge in [0.25, 0.3) is 0 Å². The van der Waals surface area contributed by atoms with Crippen molar-refractivity contribution in [3.8, 4) is 0 Å². The fraction of sp³-hybridized carbons (Fsp3) is 0.588. The van der Waals surface area contributed by atoms with E-state index < -0.39 is 0 Å². The molecule has 3 rings (SSSR count). The number of rotatable bonds is 3. The van der Waals surface area contributed by atoms with Crippen molar-refractivity contribution < 1.29 is 14.3 Å². The van der Waals surface area contributed by atoms with Gasteiger partial charge >= 0.3 is 5.97 Å². The Bertz CT molecular complexity index is 555. The molecule has 0 radical (unpaired) electrons. The summed E-state index contributed by atoms with van der Waals surface area (Å²) < 4.78 is 11.2. The van der Waals surface area contributed by atoms with Crippen LogP contribution in [0.2, 0.25) is 0 Å². The minimum absolute atomic E-state index is 0.0914. The molecule has 21 heavy (non-hydrogen) atoms. The summed E-state index contributed by atoms with van der Waals surface area (Å²) >= 11 is 0. The molecule has 1 saturated heterocycles. The van der Waals surface area contributed by atoms with Crippen molar-refractivity contribution in [3.63, 3.8) is 0 Å². The molecule has 1 aromatic carbocycles. The lowest BCUT2D eigenvalue weighted by atomic mass is 9.94. The predicted octanol–water partition coefficient (Wildman–Crippen LogP) is 2.84. The summed E-state index contributed by atoms with van der Waals surface area (Å²) in [5.74, 6) is -0.203. The van der Waals surface area contributed by atoms with E-state index in [1.807, 2.05) is 12.1 Å². The van der Waals surface area contributed by atoms with Crippen molar-refractivity contribution in [1.82, 2.24) is 4.90 Å². The Hall–Kier alpha value is -1.39. The molecular formula is C17H23NO3. The van der Waals surface area contributed by atoms with E-state index in [2.05, 4.69) is 25.7 Å². The Morgan fingerprint density at radius 3 is 2.86 bits per heavy atom. The van der Waals surface area contributed by atoms with Gasteiger partial charge in [0, 0.05) is 18.2 Å². The molecule has 0 saturated carbocycles.